The van der Waals surface area contributed by atoms with Crippen molar-refractivity contribution in [3.05, 3.63) is 48.2 Å². The van der Waals surface area contributed by atoms with E-state index in [1.165, 1.54) is 12.1 Å². The van der Waals surface area contributed by atoms with E-state index in [0.717, 1.165) is 10.3 Å². The average molecular weight is 382 g/mol. The number of nitrogens with zero attached hydrogens (tertiary/aromatic N) is 1. The first kappa shape index (κ1) is 10.4. The van der Waals surface area contributed by atoms with Crippen molar-refractivity contribution in [1.29, 1.82) is 0 Å². The number of benzene rings is 1. The molecule has 0 radical (unpaired) electrons. The van der Waals surface area contributed by atoms with Gasteiger partial charge in [0, 0.05) is 0 Å². The molecule has 0 spiro atoms. The van der Waals surface area contributed by atoms with Crippen LogP contribution >= 0.6 is 0 Å². The molecule has 1 aromatic carbocycles. The van der Waals surface area contributed by atoms with Crippen molar-refractivity contribution in [2.24, 2.45) is 0 Å². The zero-order chi connectivity index (χ0) is 10.8. The molecular formula is C11H6F2IrN. The Morgan fingerprint density at radius 3 is 2.53 bits per heavy atom. The Morgan fingerprint density at radius 1 is 1.07 bits per heavy atom. The molecule has 4 heteroatoms. The summed E-state index contributed by atoms with van der Waals surface area (Å²) in [6, 6.07) is 7.03. The van der Waals surface area contributed by atoms with E-state index >= 15 is 0 Å². The minimum atomic E-state index is -0.571. The number of halogens is 2. The van der Waals surface area contributed by atoms with Crippen molar-refractivity contribution in [2.45, 2.75) is 0 Å². The van der Waals surface area contributed by atoms with Crippen LogP contribution in [0, 0.1) is 11.6 Å². The van der Waals surface area contributed by atoms with Gasteiger partial charge in [0.25, 0.3) is 0 Å². The molecule has 0 aliphatic heterocycles. The molecule has 0 aliphatic carbocycles. The van der Waals surface area contributed by atoms with Crippen LogP contribution < -0.4 is 4.21 Å². The Hall–Kier alpha value is -1.12. The molecule has 0 saturated heterocycles. The molecule has 1 nitrogen and oxygen atoms in total. The summed E-state index contributed by atoms with van der Waals surface area (Å²) in [6.07, 6.45) is 1.64. The third-order valence-corrected chi connectivity index (χ3v) is 2.92. The van der Waals surface area contributed by atoms with Crippen LogP contribution in [0.2, 0.25) is 0 Å². The maximum atomic E-state index is 13.4. The van der Waals surface area contributed by atoms with Gasteiger partial charge in [0.05, 0.1) is 0 Å². The summed E-state index contributed by atoms with van der Waals surface area (Å²) in [7, 11) is 0. The molecule has 0 aliphatic rings. The van der Waals surface area contributed by atoms with Crippen molar-refractivity contribution in [3.8, 4) is 11.1 Å². The second-order valence-electron chi connectivity index (χ2n) is 2.94. The molecule has 0 unspecified atom stereocenters. The molecule has 1 aromatic heterocycles. The van der Waals surface area contributed by atoms with E-state index in [1.807, 2.05) is 0 Å². The first-order valence-electron chi connectivity index (χ1n) is 4.22. The van der Waals surface area contributed by atoms with Gasteiger partial charge in [-0.15, -0.1) is 0 Å². The third kappa shape index (κ3) is 2.11. The molecule has 2 rings (SSSR count). The van der Waals surface area contributed by atoms with Crippen LogP contribution in [0.3, 0.4) is 0 Å². The molecular weight excluding hydrogens is 376 g/mol. The number of hydrogen-bond donors (Lipinski definition) is 0. The van der Waals surface area contributed by atoms with E-state index in [1.54, 1.807) is 37.2 Å². The minimum absolute atomic E-state index is 0.377. The number of aromatic nitrogens is 1. The quantitative estimate of drug-likeness (QED) is 0.737. The third-order valence-electron chi connectivity index (χ3n) is 1.96. The van der Waals surface area contributed by atoms with E-state index in [2.05, 4.69) is 4.98 Å². The van der Waals surface area contributed by atoms with Crippen molar-refractivity contribution in [3.63, 3.8) is 0 Å². The standard InChI is InChI=1S/C11H6F2N.Ir/c12-9-3-4-10(11(13)6-9)8-2-1-5-14-7-8;/h1-6H;. The van der Waals surface area contributed by atoms with Crippen LogP contribution in [0.5, 0.6) is 0 Å². The summed E-state index contributed by atoms with van der Waals surface area (Å²) in [5.41, 5.74) is 1.07. The van der Waals surface area contributed by atoms with E-state index in [9.17, 15) is 8.78 Å². The summed E-state index contributed by atoms with van der Waals surface area (Å²) >= 11 is 1.79. The van der Waals surface area contributed by atoms with Gasteiger partial charge >= 0.3 is 96.2 Å². The van der Waals surface area contributed by atoms with Gasteiger partial charge in [0.15, 0.2) is 0 Å². The summed E-state index contributed by atoms with van der Waals surface area (Å²) in [6.45, 7) is 0. The Bertz CT molecular complexity index is 500. The summed E-state index contributed by atoms with van der Waals surface area (Å²) in [5.74, 6) is -1.14. The van der Waals surface area contributed by atoms with Crippen molar-refractivity contribution in [1.82, 2.24) is 4.98 Å². The van der Waals surface area contributed by atoms with Crippen LogP contribution in [0.4, 0.5) is 8.78 Å². The van der Waals surface area contributed by atoms with Gasteiger partial charge in [-0.05, 0) is 0 Å². The molecule has 0 bridgehead atoms. The average Bonchev–Trinajstić information content (AvgIpc) is 2.20. The molecule has 15 heavy (non-hydrogen) atoms. The van der Waals surface area contributed by atoms with Crippen molar-refractivity contribution >= 4 is 4.21 Å². The maximum absolute atomic E-state index is 13.4. The number of rotatable bonds is 1. The molecule has 1 heterocycles. The first-order chi connectivity index (χ1) is 7.18. The van der Waals surface area contributed by atoms with E-state index in [-0.39, 0.29) is 0 Å². The van der Waals surface area contributed by atoms with Gasteiger partial charge in [0.2, 0.25) is 0 Å². The zero-order valence-electron chi connectivity index (χ0n) is 7.50. The van der Waals surface area contributed by atoms with Crippen LogP contribution in [-0.4, -0.2) is 4.98 Å². The second-order valence-corrected chi connectivity index (χ2v) is 4.08. The van der Waals surface area contributed by atoms with E-state index in [0.29, 0.717) is 11.1 Å². The van der Waals surface area contributed by atoms with E-state index in [4.69, 9.17) is 0 Å². The molecule has 0 N–H and O–H groups in total. The van der Waals surface area contributed by atoms with Crippen LogP contribution in [0.25, 0.3) is 11.1 Å². The van der Waals surface area contributed by atoms with Crippen molar-refractivity contribution in [2.75, 3.05) is 0 Å². The van der Waals surface area contributed by atoms with Gasteiger partial charge in [-0.25, -0.2) is 0 Å². The summed E-state index contributed by atoms with van der Waals surface area (Å²) in [4.78, 5) is 4.06. The van der Waals surface area contributed by atoms with Gasteiger partial charge in [-0.2, -0.15) is 0 Å². The van der Waals surface area contributed by atoms with Gasteiger partial charge < -0.3 is 0 Å². The van der Waals surface area contributed by atoms with Gasteiger partial charge in [-0.3, -0.25) is 0 Å². The Morgan fingerprint density at radius 2 is 1.87 bits per heavy atom. The predicted octanol–water partition coefficient (Wildman–Crippen LogP) is 2.20. The SMILES string of the molecule is Fc1ccc(-c2cccn[c]2[Ir])c(F)c1. The molecule has 0 fully saturated rings. The Labute approximate surface area is 96.3 Å². The van der Waals surface area contributed by atoms with Crippen LogP contribution in [0.15, 0.2) is 36.5 Å². The monoisotopic (exact) mass is 383 g/mol. The summed E-state index contributed by atoms with van der Waals surface area (Å²) < 4.78 is 26.9. The molecule has 78 valence electrons. The fourth-order valence-corrected chi connectivity index (χ4v) is 1.98. The second kappa shape index (κ2) is 4.17. The fourth-order valence-electron chi connectivity index (χ4n) is 1.28. The zero-order valence-corrected chi connectivity index (χ0v) is 9.90. The normalized spacial score (nSPS) is 10.4. The summed E-state index contributed by atoms with van der Waals surface area (Å²) in [5, 5.41) is 0. The first-order valence-corrected chi connectivity index (χ1v) is 5.42. The topological polar surface area (TPSA) is 12.9 Å². The van der Waals surface area contributed by atoms with Gasteiger partial charge in [0.1, 0.15) is 0 Å². The molecule has 0 amide bonds. The fraction of sp³-hybridized carbons (Fsp3) is 0. The number of hydrogen-bond acceptors (Lipinski definition) is 1. The number of pyridine rings is 1. The van der Waals surface area contributed by atoms with Gasteiger partial charge in [-0.1, -0.05) is 0 Å². The van der Waals surface area contributed by atoms with Crippen LogP contribution in [-0.2, 0) is 18.9 Å². The molecule has 2 aromatic rings. The molecule has 0 saturated carbocycles. The Kier molecular flexibility index (Phi) is 2.89. The molecule has 0 atom stereocenters. The predicted molar refractivity (Wildman–Crippen MR) is 49.2 cm³/mol. The van der Waals surface area contributed by atoms with Crippen LogP contribution in [0.1, 0.15) is 0 Å². The van der Waals surface area contributed by atoms with E-state index < -0.39 is 11.6 Å². The van der Waals surface area contributed by atoms with Crippen molar-refractivity contribution < 1.29 is 27.7 Å². The Balaban J connectivity index is 2.60.